The van der Waals surface area contributed by atoms with Crippen molar-refractivity contribution in [2.75, 3.05) is 0 Å². The molecular weight excluding hydrogens is 184 g/mol. The van der Waals surface area contributed by atoms with E-state index in [-0.39, 0.29) is 30.7 Å². The molecule has 2 aliphatic heterocycles. The summed E-state index contributed by atoms with van der Waals surface area (Å²) in [6.45, 7) is 1.84. The maximum atomic E-state index is 11.2. The molecule has 0 radical (unpaired) electrons. The van der Waals surface area contributed by atoms with Crippen molar-refractivity contribution in [3.8, 4) is 0 Å². The number of cyclic esters (lactones) is 1. The first-order valence-electron chi connectivity index (χ1n) is 4.86. The third-order valence-corrected chi connectivity index (χ3v) is 2.42. The Morgan fingerprint density at radius 3 is 3.07 bits per heavy atom. The number of rotatable bonds is 0. The normalized spacial score (nSPS) is 44.9. The molecule has 0 amide bonds. The topological polar surface area (TPSA) is 59.1 Å². The lowest BCUT2D eigenvalue weighted by atomic mass is 10.1. The fourth-order valence-electron chi connectivity index (χ4n) is 1.64. The monoisotopic (exact) mass is 198 g/mol. The number of ether oxygens (including phenoxy) is 2. The van der Waals surface area contributed by atoms with Crippen LogP contribution in [0.2, 0.25) is 0 Å². The predicted molar refractivity (Wildman–Crippen MR) is 48.6 cm³/mol. The van der Waals surface area contributed by atoms with Crippen molar-refractivity contribution in [2.45, 2.75) is 44.2 Å². The van der Waals surface area contributed by atoms with Crippen LogP contribution in [0.5, 0.6) is 0 Å². The molecule has 2 aliphatic rings. The minimum atomic E-state index is -0.752. The molecule has 2 rings (SSSR count). The molecule has 4 unspecified atom stereocenters. The summed E-state index contributed by atoms with van der Waals surface area (Å²) >= 11 is 0. The van der Waals surface area contributed by atoms with Gasteiger partial charge in [0.05, 0.1) is 18.6 Å². The molecule has 78 valence electrons. The van der Waals surface area contributed by atoms with Gasteiger partial charge in [-0.15, -0.1) is 0 Å². The first-order valence-corrected chi connectivity index (χ1v) is 4.86. The van der Waals surface area contributed by atoms with Gasteiger partial charge in [0.25, 0.3) is 0 Å². The molecule has 0 aromatic carbocycles. The SMILES string of the molecule is CC1CC2OC2/C=C/C(O)CC(=O)O1. The van der Waals surface area contributed by atoms with Crippen molar-refractivity contribution >= 4 is 5.97 Å². The maximum Gasteiger partial charge on any atom is 0.309 e. The Morgan fingerprint density at radius 2 is 2.29 bits per heavy atom. The summed E-state index contributed by atoms with van der Waals surface area (Å²) in [4.78, 5) is 11.2. The van der Waals surface area contributed by atoms with E-state index in [1.54, 1.807) is 6.08 Å². The van der Waals surface area contributed by atoms with Gasteiger partial charge in [0.15, 0.2) is 0 Å². The summed E-state index contributed by atoms with van der Waals surface area (Å²) in [5.41, 5.74) is 0. The molecule has 14 heavy (non-hydrogen) atoms. The number of carbonyl (C=O) groups is 1. The van der Waals surface area contributed by atoms with Crippen LogP contribution in [0.25, 0.3) is 0 Å². The number of hydrogen-bond donors (Lipinski definition) is 1. The van der Waals surface area contributed by atoms with E-state index in [1.165, 1.54) is 0 Å². The van der Waals surface area contributed by atoms with E-state index in [9.17, 15) is 9.90 Å². The van der Waals surface area contributed by atoms with Gasteiger partial charge >= 0.3 is 5.97 Å². The molecule has 1 fully saturated rings. The fourth-order valence-corrected chi connectivity index (χ4v) is 1.64. The summed E-state index contributed by atoms with van der Waals surface area (Å²) in [6.07, 6.45) is 3.55. The number of hydrogen-bond acceptors (Lipinski definition) is 4. The molecular formula is C10H14O4. The molecule has 2 heterocycles. The summed E-state index contributed by atoms with van der Waals surface area (Å²) in [5.74, 6) is -0.353. The Labute approximate surface area is 82.5 Å². The Hall–Kier alpha value is -0.870. The molecule has 0 aromatic rings. The van der Waals surface area contributed by atoms with Crippen LogP contribution in [0.3, 0.4) is 0 Å². The second-order valence-corrected chi connectivity index (χ2v) is 3.83. The minimum absolute atomic E-state index is 0.0260. The summed E-state index contributed by atoms with van der Waals surface area (Å²) in [5, 5.41) is 9.38. The third-order valence-electron chi connectivity index (χ3n) is 2.42. The zero-order valence-electron chi connectivity index (χ0n) is 8.05. The number of carbonyl (C=O) groups excluding carboxylic acids is 1. The molecule has 1 saturated heterocycles. The van der Waals surface area contributed by atoms with E-state index in [0.717, 1.165) is 6.42 Å². The van der Waals surface area contributed by atoms with Crippen LogP contribution in [0.4, 0.5) is 0 Å². The fraction of sp³-hybridized carbons (Fsp3) is 0.700. The Bertz CT molecular complexity index is 261. The number of epoxide rings is 1. The largest absolute Gasteiger partial charge is 0.462 e. The molecule has 4 nitrogen and oxygen atoms in total. The summed E-state index contributed by atoms with van der Waals surface area (Å²) in [6, 6.07) is 0. The highest BCUT2D eigenvalue weighted by molar-refractivity contribution is 5.70. The number of aliphatic hydroxyl groups excluding tert-OH is 1. The van der Waals surface area contributed by atoms with Gasteiger partial charge in [-0.1, -0.05) is 12.2 Å². The molecule has 4 atom stereocenters. The van der Waals surface area contributed by atoms with E-state index >= 15 is 0 Å². The zero-order valence-corrected chi connectivity index (χ0v) is 8.05. The second kappa shape index (κ2) is 3.71. The van der Waals surface area contributed by atoms with Gasteiger partial charge in [0.1, 0.15) is 12.2 Å². The van der Waals surface area contributed by atoms with Gasteiger partial charge in [-0.3, -0.25) is 4.79 Å². The van der Waals surface area contributed by atoms with E-state index in [0.29, 0.717) is 0 Å². The van der Waals surface area contributed by atoms with Crippen LogP contribution in [0.15, 0.2) is 12.2 Å². The van der Waals surface area contributed by atoms with E-state index < -0.39 is 6.10 Å². The average molecular weight is 198 g/mol. The molecule has 0 spiro atoms. The number of aliphatic hydroxyl groups is 1. The Balaban J connectivity index is 2.02. The molecule has 1 N–H and O–H groups in total. The van der Waals surface area contributed by atoms with Crippen LogP contribution < -0.4 is 0 Å². The first-order chi connectivity index (χ1) is 6.65. The highest BCUT2D eigenvalue weighted by Gasteiger charge is 2.38. The molecule has 0 aliphatic carbocycles. The van der Waals surface area contributed by atoms with Crippen LogP contribution >= 0.6 is 0 Å². The van der Waals surface area contributed by atoms with Gasteiger partial charge in [-0.05, 0) is 6.92 Å². The highest BCUT2D eigenvalue weighted by atomic mass is 16.6. The Morgan fingerprint density at radius 1 is 1.50 bits per heavy atom. The van der Waals surface area contributed by atoms with Crippen molar-refractivity contribution < 1.29 is 19.4 Å². The second-order valence-electron chi connectivity index (χ2n) is 3.83. The van der Waals surface area contributed by atoms with Crippen molar-refractivity contribution in [3.05, 3.63) is 12.2 Å². The van der Waals surface area contributed by atoms with E-state index in [2.05, 4.69) is 0 Å². The quantitative estimate of drug-likeness (QED) is 0.347. The van der Waals surface area contributed by atoms with Crippen LogP contribution in [0.1, 0.15) is 19.8 Å². The van der Waals surface area contributed by atoms with Crippen molar-refractivity contribution in [3.63, 3.8) is 0 Å². The summed E-state index contributed by atoms with van der Waals surface area (Å²) < 4.78 is 10.4. The molecule has 4 heteroatoms. The van der Waals surface area contributed by atoms with Crippen LogP contribution in [-0.4, -0.2) is 35.5 Å². The minimum Gasteiger partial charge on any atom is -0.462 e. The lowest BCUT2D eigenvalue weighted by Crippen LogP contribution is -2.21. The average Bonchev–Trinajstić information content (AvgIpc) is 2.78. The Kier molecular flexibility index (Phi) is 2.56. The van der Waals surface area contributed by atoms with Gasteiger partial charge in [-0.25, -0.2) is 0 Å². The van der Waals surface area contributed by atoms with Crippen LogP contribution in [-0.2, 0) is 14.3 Å². The number of fused-ring (bicyclic) bond motifs is 1. The molecule has 0 bridgehead atoms. The van der Waals surface area contributed by atoms with Gasteiger partial charge in [0, 0.05) is 6.42 Å². The third kappa shape index (κ3) is 2.33. The zero-order chi connectivity index (χ0) is 10.1. The van der Waals surface area contributed by atoms with E-state index in [4.69, 9.17) is 9.47 Å². The summed E-state index contributed by atoms with van der Waals surface area (Å²) in [7, 11) is 0. The molecule has 0 saturated carbocycles. The van der Waals surface area contributed by atoms with Crippen molar-refractivity contribution in [2.24, 2.45) is 0 Å². The number of esters is 1. The standard InChI is InChI=1S/C10H14O4/c1-6-4-9-8(14-9)3-2-7(11)5-10(12)13-6/h2-3,6-9,11H,4-5H2,1H3/b3-2+. The van der Waals surface area contributed by atoms with Crippen molar-refractivity contribution in [1.82, 2.24) is 0 Å². The smallest absolute Gasteiger partial charge is 0.309 e. The predicted octanol–water partition coefficient (Wildman–Crippen LogP) is 0.396. The highest BCUT2D eigenvalue weighted by Crippen LogP contribution is 2.29. The van der Waals surface area contributed by atoms with Gasteiger partial charge in [0.2, 0.25) is 0 Å². The van der Waals surface area contributed by atoms with Gasteiger partial charge < -0.3 is 14.6 Å². The lowest BCUT2D eigenvalue weighted by Gasteiger charge is -2.13. The molecule has 0 aromatic heterocycles. The maximum absolute atomic E-state index is 11.2. The first kappa shape index (κ1) is 9.68. The van der Waals surface area contributed by atoms with Gasteiger partial charge in [-0.2, -0.15) is 0 Å². The lowest BCUT2D eigenvalue weighted by molar-refractivity contribution is -0.150. The van der Waals surface area contributed by atoms with E-state index in [1.807, 2.05) is 13.0 Å². The van der Waals surface area contributed by atoms with Crippen LogP contribution in [0, 0.1) is 0 Å². The van der Waals surface area contributed by atoms with Crippen molar-refractivity contribution in [1.29, 1.82) is 0 Å².